The molecular weight excluding hydrogens is 404 g/mol. The molecule has 166 valence electrons. The zero-order chi connectivity index (χ0) is 22.7. The van der Waals surface area contributed by atoms with E-state index in [-0.39, 0.29) is 11.8 Å². The lowest BCUT2D eigenvalue weighted by Gasteiger charge is -2.26. The number of methoxy groups -OCH3 is 1. The standard InChI is InChI=1S/C26H28N2O4/c1-17(2)13-25(29)28-12-11-23-20(16-28)15-24(32-23)18-7-9-21(10-8-18)27-26(30)19-5-4-6-22(14-19)31-3/h4-10,14-15,17H,11-13,16H2,1-3H3,(H,27,30). The molecule has 0 radical (unpaired) electrons. The Morgan fingerprint density at radius 3 is 2.62 bits per heavy atom. The highest BCUT2D eigenvalue weighted by Crippen LogP contribution is 2.30. The van der Waals surface area contributed by atoms with Gasteiger partial charge in [0, 0.05) is 48.3 Å². The Bertz CT molecular complexity index is 1120. The SMILES string of the molecule is COc1cccc(C(=O)Nc2ccc(-c3cc4c(o3)CCN(C(=O)CC(C)C)C4)cc2)c1. The van der Waals surface area contributed by atoms with E-state index in [2.05, 4.69) is 19.2 Å². The molecule has 0 aliphatic carbocycles. The van der Waals surface area contributed by atoms with Crippen LogP contribution in [-0.2, 0) is 17.8 Å². The van der Waals surface area contributed by atoms with Gasteiger partial charge in [-0.3, -0.25) is 9.59 Å². The molecule has 1 aliphatic rings. The Labute approximate surface area is 188 Å². The minimum atomic E-state index is -0.198. The first-order chi connectivity index (χ1) is 15.4. The molecule has 0 atom stereocenters. The van der Waals surface area contributed by atoms with Crippen molar-refractivity contribution >= 4 is 17.5 Å². The number of amides is 2. The number of benzene rings is 2. The van der Waals surface area contributed by atoms with Crippen LogP contribution in [0.25, 0.3) is 11.3 Å². The maximum Gasteiger partial charge on any atom is 0.255 e. The van der Waals surface area contributed by atoms with Gasteiger partial charge in [0.15, 0.2) is 0 Å². The van der Waals surface area contributed by atoms with Gasteiger partial charge in [-0.25, -0.2) is 0 Å². The monoisotopic (exact) mass is 432 g/mol. The maximum absolute atomic E-state index is 12.5. The molecule has 32 heavy (non-hydrogen) atoms. The van der Waals surface area contributed by atoms with Crippen molar-refractivity contribution in [2.45, 2.75) is 33.2 Å². The molecule has 0 saturated carbocycles. The zero-order valence-electron chi connectivity index (χ0n) is 18.7. The molecule has 2 aromatic carbocycles. The number of furan rings is 1. The van der Waals surface area contributed by atoms with Crippen LogP contribution in [0.5, 0.6) is 5.75 Å². The summed E-state index contributed by atoms with van der Waals surface area (Å²) in [4.78, 5) is 26.8. The number of hydrogen-bond acceptors (Lipinski definition) is 4. The summed E-state index contributed by atoms with van der Waals surface area (Å²) >= 11 is 0. The van der Waals surface area contributed by atoms with Gasteiger partial charge in [-0.1, -0.05) is 19.9 Å². The van der Waals surface area contributed by atoms with Crippen molar-refractivity contribution in [3.8, 4) is 17.1 Å². The minimum Gasteiger partial charge on any atom is -0.497 e. The van der Waals surface area contributed by atoms with E-state index in [0.717, 1.165) is 29.1 Å². The number of rotatable bonds is 6. The smallest absolute Gasteiger partial charge is 0.255 e. The van der Waals surface area contributed by atoms with Gasteiger partial charge in [0.25, 0.3) is 5.91 Å². The van der Waals surface area contributed by atoms with Crippen LogP contribution in [-0.4, -0.2) is 30.4 Å². The van der Waals surface area contributed by atoms with Crippen LogP contribution in [0.1, 0.15) is 41.9 Å². The van der Waals surface area contributed by atoms with Gasteiger partial charge in [-0.05, 0) is 54.4 Å². The zero-order valence-corrected chi connectivity index (χ0v) is 18.7. The minimum absolute atomic E-state index is 0.198. The fourth-order valence-electron chi connectivity index (χ4n) is 3.85. The summed E-state index contributed by atoms with van der Waals surface area (Å²) in [6.45, 7) is 5.41. The third-order valence-corrected chi connectivity index (χ3v) is 5.56. The Morgan fingerprint density at radius 1 is 1.12 bits per heavy atom. The fraction of sp³-hybridized carbons (Fsp3) is 0.308. The number of anilines is 1. The van der Waals surface area contributed by atoms with Crippen LogP contribution >= 0.6 is 0 Å². The lowest BCUT2D eigenvalue weighted by Crippen LogP contribution is -2.35. The molecule has 1 aliphatic heterocycles. The average molecular weight is 433 g/mol. The van der Waals surface area contributed by atoms with Crippen molar-refractivity contribution in [2.75, 3.05) is 19.0 Å². The van der Waals surface area contributed by atoms with E-state index < -0.39 is 0 Å². The summed E-state index contributed by atoms with van der Waals surface area (Å²) < 4.78 is 11.3. The lowest BCUT2D eigenvalue weighted by atomic mass is 10.0. The summed E-state index contributed by atoms with van der Waals surface area (Å²) in [7, 11) is 1.57. The molecule has 2 heterocycles. The highest BCUT2D eigenvalue weighted by molar-refractivity contribution is 6.04. The molecule has 6 nitrogen and oxygen atoms in total. The quantitative estimate of drug-likeness (QED) is 0.586. The number of nitrogens with one attached hydrogen (secondary N) is 1. The number of hydrogen-bond donors (Lipinski definition) is 1. The van der Waals surface area contributed by atoms with Crippen molar-refractivity contribution in [3.63, 3.8) is 0 Å². The van der Waals surface area contributed by atoms with Crippen LogP contribution < -0.4 is 10.1 Å². The van der Waals surface area contributed by atoms with Crippen LogP contribution in [0.15, 0.2) is 59.0 Å². The number of ether oxygens (including phenoxy) is 1. The third kappa shape index (κ3) is 4.85. The molecule has 3 aromatic rings. The van der Waals surface area contributed by atoms with E-state index >= 15 is 0 Å². The van der Waals surface area contributed by atoms with Gasteiger partial charge in [-0.2, -0.15) is 0 Å². The van der Waals surface area contributed by atoms with E-state index in [0.29, 0.717) is 42.4 Å². The Balaban J connectivity index is 1.43. The van der Waals surface area contributed by atoms with Crippen molar-refractivity contribution < 1.29 is 18.7 Å². The maximum atomic E-state index is 12.5. The molecule has 2 amide bonds. The van der Waals surface area contributed by atoms with Crippen molar-refractivity contribution in [2.24, 2.45) is 5.92 Å². The predicted octanol–water partition coefficient (Wildman–Crippen LogP) is 5.14. The van der Waals surface area contributed by atoms with Gasteiger partial charge in [0.05, 0.1) is 7.11 Å². The molecule has 1 N–H and O–H groups in total. The summed E-state index contributed by atoms with van der Waals surface area (Å²) in [6.07, 6.45) is 1.30. The van der Waals surface area contributed by atoms with Crippen LogP contribution in [0.4, 0.5) is 5.69 Å². The molecule has 0 saturated heterocycles. The summed E-state index contributed by atoms with van der Waals surface area (Å²) in [5, 5.41) is 2.90. The average Bonchev–Trinajstić information content (AvgIpc) is 3.22. The van der Waals surface area contributed by atoms with Crippen molar-refractivity contribution in [1.82, 2.24) is 4.90 Å². The second-order valence-electron chi connectivity index (χ2n) is 8.49. The molecular formula is C26H28N2O4. The topological polar surface area (TPSA) is 71.8 Å². The second-order valence-corrected chi connectivity index (χ2v) is 8.49. The summed E-state index contributed by atoms with van der Waals surface area (Å²) in [6, 6.07) is 16.6. The molecule has 1 aromatic heterocycles. The van der Waals surface area contributed by atoms with Crippen LogP contribution in [0.2, 0.25) is 0 Å². The highest BCUT2D eigenvalue weighted by Gasteiger charge is 2.24. The normalized spacial score (nSPS) is 13.1. The Morgan fingerprint density at radius 2 is 1.91 bits per heavy atom. The fourth-order valence-corrected chi connectivity index (χ4v) is 3.85. The molecule has 0 fully saturated rings. The third-order valence-electron chi connectivity index (χ3n) is 5.56. The van der Waals surface area contributed by atoms with Gasteiger partial charge >= 0.3 is 0 Å². The van der Waals surface area contributed by atoms with E-state index in [9.17, 15) is 9.59 Å². The number of carbonyl (C=O) groups excluding carboxylic acids is 2. The summed E-state index contributed by atoms with van der Waals surface area (Å²) in [5.74, 6) is 2.72. The van der Waals surface area contributed by atoms with Gasteiger partial charge in [-0.15, -0.1) is 0 Å². The van der Waals surface area contributed by atoms with Gasteiger partial charge in [0.2, 0.25) is 5.91 Å². The van der Waals surface area contributed by atoms with Crippen molar-refractivity contribution in [1.29, 1.82) is 0 Å². The molecule has 0 bridgehead atoms. The summed E-state index contributed by atoms with van der Waals surface area (Å²) in [5.41, 5.74) is 3.23. The van der Waals surface area contributed by atoms with Crippen LogP contribution in [0, 0.1) is 5.92 Å². The highest BCUT2D eigenvalue weighted by atomic mass is 16.5. The first kappa shape index (κ1) is 21.7. The van der Waals surface area contributed by atoms with Gasteiger partial charge in [0.1, 0.15) is 17.3 Å². The molecule has 0 unspecified atom stereocenters. The lowest BCUT2D eigenvalue weighted by molar-refractivity contribution is -0.132. The van der Waals surface area contributed by atoms with E-state index in [4.69, 9.17) is 9.15 Å². The van der Waals surface area contributed by atoms with E-state index in [1.54, 1.807) is 31.4 Å². The first-order valence-corrected chi connectivity index (χ1v) is 10.9. The molecule has 6 heteroatoms. The Hall–Kier alpha value is -3.54. The molecule has 0 spiro atoms. The number of fused-ring (bicyclic) bond motifs is 1. The first-order valence-electron chi connectivity index (χ1n) is 10.9. The van der Waals surface area contributed by atoms with E-state index in [1.165, 1.54) is 0 Å². The number of carbonyl (C=O) groups is 2. The van der Waals surface area contributed by atoms with E-state index in [1.807, 2.05) is 35.2 Å². The van der Waals surface area contributed by atoms with Gasteiger partial charge < -0.3 is 19.4 Å². The largest absolute Gasteiger partial charge is 0.497 e. The van der Waals surface area contributed by atoms with Crippen molar-refractivity contribution in [3.05, 3.63) is 71.5 Å². The second kappa shape index (κ2) is 9.30. The predicted molar refractivity (Wildman–Crippen MR) is 124 cm³/mol. The Kier molecular flexibility index (Phi) is 6.30. The number of nitrogens with zero attached hydrogens (tertiary/aromatic N) is 1. The molecule has 4 rings (SSSR count). The van der Waals surface area contributed by atoms with Crippen LogP contribution in [0.3, 0.4) is 0 Å².